The molecule has 0 unspecified atom stereocenters. The van der Waals surface area contributed by atoms with Crippen LogP contribution in [-0.2, 0) is 12.0 Å². The molecule has 21 heavy (non-hydrogen) atoms. The van der Waals surface area contributed by atoms with Crippen LogP contribution in [0.15, 0.2) is 34.8 Å². The summed E-state index contributed by atoms with van der Waals surface area (Å²) < 4.78 is 6.66. The molecule has 0 atom stereocenters. The van der Waals surface area contributed by atoms with E-state index in [1.54, 1.807) is 18.2 Å². The highest BCUT2D eigenvalue weighted by Gasteiger charge is 2.18. The number of ether oxygens (including phenoxy) is 1. The number of aromatic nitrogens is 1. The number of benzene rings is 1. The molecular formula is C16H17BrClNO2. The van der Waals surface area contributed by atoms with Gasteiger partial charge in [0.2, 0.25) is 5.88 Å². The number of nitrogens with zero attached hydrogens (tertiary/aromatic N) is 1. The molecule has 0 aliphatic carbocycles. The van der Waals surface area contributed by atoms with Crippen LogP contribution < -0.4 is 4.74 Å². The van der Waals surface area contributed by atoms with E-state index < -0.39 is 0 Å². The first-order valence-corrected chi connectivity index (χ1v) is 7.72. The molecule has 1 N–H and O–H groups in total. The Balaban J connectivity index is 2.42. The van der Waals surface area contributed by atoms with E-state index >= 15 is 0 Å². The second kappa shape index (κ2) is 6.34. The minimum atomic E-state index is -0.135. The van der Waals surface area contributed by atoms with Crippen molar-refractivity contribution in [3.63, 3.8) is 0 Å². The predicted octanol–water partition coefficient (Wildman–Crippen LogP) is 5.08. The monoisotopic (exact) mass is 369 g/mol. The van der Waals surface area contributed by atoms with Gasteiger partial charge in [-0.15, -0.1) is 0 Å². The number of hydrogen-bond acceptors (Lipinski definition) is 3. The van der Waals surface area contributed by atoms with Crippen LogP contribution >= 0.6 is 27.5 Å². The average Bonchev–Trinajstić information content (AvgIpc) is 2.41. The summed E-state index contributed by atoms with van der Waals surface area (Å²) in [4.78, 5) is 4.51. The number of aliphatic hydroxyl groups is 1. The van der Waals surface area contributed by atoms with Gasteiger partial charge in [0.1, 0.15) is 5.75 Å². The average molecular weight is 371 g/mol. The van der Waals surface area contributed by atoms with E-state index in [0.717, 1.165) is 15.7 Å². The zero-order valence-electron chi connectivity index (χ0n) is 12.2. The SMILES string of the molecule is CC(C)(C)c1cc(CO)cc(Oc2cc(Br)ccc2Cl)n1. The minimum absolute atomic E-state index is 0.0613. The van der Waals surface area contributed by atoms with E-state index in [-0.39, 0.29) is 12.0 Å². The lowest BCUT2D eigenvalue weighted by Crippen LogP contribution is -2.14. The molecule has 0 saturated carbocycles. The summed E-state index contributed by atoms with van der Waals surface area (Å²) in [6, 6.07) is 8.98. The van der Waals surface area contributed by atoms with Gasteiger partial charge in [-0.05, 0) is 29.8 Å². The fraction of sp³-hybridized carbons (Fsp3) is 0.312. The van der Waals surface area contributed by atoms with Crippen LogP contribution in [-0.4, -0.2) is 10.1 Å². The highest BCUT2D eigenvalue weighted by atomic mass is 79.9. The van der Waals surface area contributed by atoms with Crippen molar-refractivity contribution in [1.29, 1.82) is 0 Å². The largest absolute Gasteiger partial charge is 0.437 e. The fourth-order valence-electron chi connectivity index (χ4n) is 1.75. The van der Waals surface area contributed by atoms with E-state index in [1.807, 2.05) is 12.1 Å². The van der Waals surface area contributed by atoms with Gasteiger partial charge in [-0.2, -0.15) is 0 Å². The Morgan fingerprint density at radius 1 is 1.24 bits per heavy atom. The third kappa shape index (κ3) is 4.19. The predicted molar refractivity (Wildman–Crippen MR) is 88.1 cm³/mol. The summed E-state index contributed by atoms with van der Waals surface area (Å²) in [5.41, 5.74) is 1.48. The van der Waals surface area contributed by atoms with E-state index in [4.69, 9.17) is 16.3 Å². The van der Waals surface area contributed by atoms with Gasteiger partial charge in [-0.1, -0.05) is 48.3 Å². The Kier molecular flexibility index (Phi) is 4.91. The van der Waals surface area contributed by atoms with Crippen molar-refractivity contribution < 1.29 is 9.84 Å². The minimum Gasteiger partial charge on any atom is -0.437 e. The van der Waals surface area contributed by atoms with Gasteiger partial charge in [0, 0.05) is 16.0 Å². The molecular weight excluding hydrogens is 354 g/mol. The standard InChI is InChI=1S/C16H17BrClNO2/c1-16(2,3)14-6-10(9-20)7-15(19-14)21-13-8-11(17)4-5-12(13)18/h4-8,20H,9H2,1-3H3. The second-order valence-corrected chi connectivity index (χ2v) is 7.11. The maximum atomic E-state index is 9.40. The molecule has 0 fully saturated rings. The molecule has 1 aromatic heterocycles. The summed E-state index contributed by atoms with van der Waals surface area (Å²) in [6.07, 6.45) is 0. The lowest BCUT2D eigenvalue weighted by Gasteiger charge is -2.19. The summed E-state index contributed by atoms with van der Waals surface area (Å²) in [6.45, 7) is 6.12. The molecule has 5 heteroatoms. The molecule has 0 bridgehead atoms. The number of hydrogen-bond donors (Lipinski definition) is 1. The Morgan fingerprint density at radius 3 is 2.57 bits per heavy atom. The normalized spacial score (nSPS) is 11.5. The van der Waals surface area contributed by atoms with Crippen LogP contribution in [0.5, 0.6) is 11.6 Å². The molecule has 3 nitrogen and oxygen atoms in total. The Morgan fingerprint density at radius 2 is 1.95 bits per heavy atom. The van der Waals surface area contributed by atoms with Crippen molar-refractivity contribution in [2.24, 2.45) is 0 Å². The molecule has 112 valence electrons. The van der Waals surface area contributed by atoms with Gasteiger partial charge in [0.25, 0.3) is 0 Å². The summed E-state index contributed by atoms with van der Waals surface area (Å²) >= 11 is 9.51. The van der Waals surface area contributed by atoms with Crippen LogP contribution in [0.3, 0.4) is 0 Å². The van der Waals surface area contributed by atoms with Gasteiger partial charge in [-0.3, -0.25) is 0 Å². The topological polar surface area (TPSA) is 42.4 Å². The first-order valence-electron chi connectivity index (χ1n) is 6.55. The maximum Gasteiger partial charge on any atom is 0.219 e. The van der Waals surface area contributed by atoms with Gasteiger partial charge in [0.15, 0.2) is 0 Å². The lowest BCUT2D eigenvalue weighted by molar-refractivity contribution is 0.280. The zero-order chi connectivity index (χ0) is 15.6. The third-order valence-electron chi connectivity index (χ3n) is 2.92. The molecule has 0 aliphatic heterocycles. The van der Waals surface area contributed by atoms with Crippen molar-refractivity contribution in [3.05, 3.63) is 51.1 Å². The smallest absolute Gasteiger partial charge is 0.219 e. The number of halogens is 2. The van der Waals surface area contributed by atoms with Gasteiger partial charge in [-0.25, -0.2) is 4.98 Å². The Labute approximate surface area is 138 Å². The Hall–Kier alpha value is -1.10. The van der Waals surface area contributed by atoms with Gasteiger partial charge < -0.3 is 9.84 Å². The molecule has 0 spiro atoms. The summed E-state index contributed by atoms with van der Waals surface area (Å²) in [7, 11) is 0. The zero-order valence-corrected chi connectivity index (χ0v) is 14.5. The second-order valence-electron chi connectivity index (χ2n) is 5.78. The maximum absolute atomic E-state index is 9.40. The molecule has 0 saturated heterocycles. The molecule has 0 aliphatic rings. The van der Waals surface area contributed by atoms with Crippen molar-refractivity contribution >= 4 is 27.5 Å². The molecule has 0 radical (unpaired) electrons. The Bertz CT molecular complexity index is 653. The molecule has 1 aromatic carbocycles. The summed E-state index contributed by atoms with van der Waals surface area (Å²) in [5, 5.41) is 9.91. The van der Waals surface area contributed by atoms with Crippen molar-refractivity contribution in [2.75, 3.05) is 0 Å². The quantitative estimate of drug-likeness (QED) is 0.819. The van der Waals surface area contributed by atoms with Crippen LogP contribution in [0.4, 0.5) is 0 Å². The van der Waals surface area contributed by atoms with Gasteiger partial charge >= 0.3 is 0 Å². The van der Waals surface area contributed by atoms with E-state index in [1.165, 1.54) is 0 Å². The number of rotatable bonds is 3. The van der Waals surface area contributed by atoms with Crippen molar-refractivity contribution in [3.8, 4) is 11.6 Å². The first-order chi connectivity index (χ1) is 9.79. The molecule has 2 aromatic rings. The summed E-state index contributed by atoms with van der Waals surface area (Å²) in [5.74, 6) is 0.944. The third-order valence-corrected chi connectivity index (χ3v) is 3.73. The van der Waals surface area contributed by atoms with Crippen LogP contribution in [0.2, 0.25) is 5.02 Å². The van der Waals surface area contributed by atoms with E-state index in [0.29, 0.717) is 16.7 Å². The molecule has 0 amide bonds. The number of pyridine rings is 1. The van der Waals surface area contributed by atoms with Crippen LogP contribution in [0.1, 0.15) is 32.0 Å². The van der Waals surface area contributed by atoms with Crippen molar-refractivity contribution in [2.45, 2.75) is 32.8 Å². The van der Waals surface area contributed by atoms with E-state index in [2.05, 4.69) is 41.7 Å². The lowest BCUT2D eigenvalue weighted by atomic mass is 9.91. The molecule has 1 heterocycles. The number of aliphatic hydroxyl groups excluding tert-OH is 1. The highest BCUT2D eigenvalue weighted by molar-refractivity contribution is 9.10. The fourth-order valence-corrected chi connectivity index (χ4v) is 2.25. The molecule has 2 rings (SSSR count). The first kappa shape index (κ1) is 16.3. The van der Waals surface area contributed by atoms with Crippen molar-refractivity contribution in [1.82, 2.24) is 4.98 Å². The van der Waals surface area contributed by atoms with Crippen LogP contribution in [0.25, 0.3) is 0 Å². The van der Waals surface area contributed by atoms with E-state index in [9.17, 15) is 5.11 Å². The highest BCUT2D eigenvalue weighted by Crippen LogP contribution is 2.33. The van der Waals surface area contributed by atoms with Gasteiger partial charge in [0.05, 0.1) is 17.3 Å². The van der Waals surface area contributed by atoms with Crippen LogP contribution in [0, 0.1) is 0 Å².